The van der Waals surface area contributed by atoms with E-state index in [2.05, 4.69) is 55.3 Å². The van der Waals surface area contributed by atoms with E-state index in [0.717, 1.165) is 31.5 Å². The van der Waals surface area contributed by atoms with Crippen molar-refractivity contribution in [1.82, 2.24) is 10.3 Å². The first-order chi connectivity index (χ1) is 10.3. The van der Waals surface area contributed by atoms with Crippen LogP contribution in [0, 0.1) is 0 Å². The summed E-state index contributed by atoms with van der Waals surface area (Å²) >= 11 is 0. The lowest BCUT2D eigenvalue weighted by Crippen LogP contribution is -2.34. The summed E-state index contributed by atoms with van der Waals surface area (Å²) in [5.41, 5.74) is 2.32. The van der Waals surface area contributed by atoms with Gasteiger partial charge in [-0.3, -0.25) is 4.98 Å². The number of hydrogen-bond donors (Lipinski definition) is 1. The highest BCUT2D eigenvalue weighted by Gasteiger charge is 2.21. The maximum Gasteiger partial charge on any atom is 0.0766 e. The van der Waals surface area contributed by atoms with Gasteiger partial charge >= 0.3 is 0 Å². The third-order valence-corrected chi connectivity index (χ3v) is 3.76. The van der Waals surface area contributed by atoms with E-state index in [4.69, 9.17) is 4.74 Å². The highest BCUT2D eigenvalue weighted by molar-refractivity contribution is 5.79. The number of fused-ring (bicyclic) bond motifs is 1. The van der Waals surface area contributed by atoms with E-state index in [1.54, 1.807) is 0 Å². The molecule has 1 aromatic heterocycles. The molecule has 0 aliphatic heterocycles. The zero-order chi connectivity index (χ0) is 15.1. The molecule has 0 spiro atoms. The molecule has 0 aliphatic carbocycles. The van der Waals surface area contributed by atoms with Crippen molar-refractivity contribution in [2.24, 2.45) is 0 Å². The van der Waals surface area contributed by atoms with E-state index in [-0.39, 0.29) is 12.1 Å². The van der Waals surface area contributed by atoms with Crippen molar-refractivity contribution in [2.45, 2.75) is 45.8 Å². The number of rotatable bonds is 8. The highest BCUT2D eigenvalue weighted by atomic mass is 16.5. The largest absolute Gasteiger partial charge is 0.377 e. The summed E-state index contributed by atoms with van der Waals surface area (Å²) in [6, 6.07) is 10.8. The van der Waals surface area contributed by atoms with Crippen molar-refractivity contribution >= 4 is 10.9 Å². The fourth-order valence-corrected chi connectivity index (χ4v) is 2.72. The molecule has 0 aliphatic rings. The SMILES string of the molecule is CCCNC(c1ccc2ncccc2c1)C(CC)OCC. The molecule has 3 nitrogen and oxygen atoms in total. The number of nitrogens with one attached hydrogen (secondary N) is 1. The molecule has 2 unspecified atom stereocenters. The van der Waals surface area contributed by atoms with Crippen LogP contribution in [0.25, 0.3) is 10.9 Å². The number of ether oxygens (including phenoxy) is 1. The first kappa shape index (κ1) is 15.9. The van der Waals surface area contributed by atoms with Crippen LogP contribution in [0.15, 0.2) is 36.5 Å². The Morgan fingerprint density at radius 3 is 2.76 bits per heavy atom. The van der Waals surface area contributed by atoms with Gasteiger partial charge in [-0.25, -0.2) is 0 Å². The van der Waals surface area contributed by atoms with Gasteiger partial charge in [-0.2, -0.15) is 0 Å². The molecule has 0 fully saturated rings. The Labute approximate surface area is 127 Å². The first-order valence-corrected chi connectivity index (χ1v) is 7.99. The average molecular weight is 286 g/mol. The summed E-state index contributed by atoms with van der Waals surface area (Å²) in [6.45, 7) is 8.18. The van der Waals surface area contributed by atoms with Crippen molar-refractivity contribution in [3.05, 3.63) is 42.1 Å². The molecule has 0 saturated carbocycles. The Morgan fingerprint density at radius 2 is 2.05 bits per heavy atom. The quantitative estimate of drug-likeness (QED) is 0.793. The molecule has 1 aromatic carbocycles. The summed E-state index contributed by atoms with van der Waals surface area (Å²) in [6.07, 6.45) is 4.16. The van der Waals surface area contributed by atoms with Gasteiger partial charge in [-0.15, -0.1) is 0 Å². The monoisotopic (exact) mass is 286 g/mol. The lowest BCUT2D eigenvalue weighted by molar-refractivity contribution is 0.0314. The van der Waals surface area contributed by atoms with Crippen molar-refractivity contribution in [3.63, 3.8) is 0 Å². The molecule has 2 rings (SSSR count). The number of pyridine rings is 1. The molecule has 2 aromatic rings. The molecule has 1 N–H and O–H groups in total. The average Bonchev–Trinajstić information content (AvgIpc) is 2.54. The molecule has 3 heteroatoms. The van der Waals surface area contributed by atoms with Crippen LogP contribution >= 0.6 is 0 Å². The fraction of sp³-hybridized carbons (Fsp3) is 0.500. The molecule has 0 bridgehead atoms. The molecule has 1 heterocycles. The van der Waals surface area contributed by atoms with Gasteiger partial charge in [-0.05, 0) is 50.1 Å². The Morgan fingerprint density at radius 1 is 1.19 bits per heavy atom. The van der Waals surface area contributed by atoms with Gasteiger partial charge < -0.3 is 10.1 Å². The molecular weight excluding hydrogens is 260 g/mol. The van der Waals surface area contributed by atoms with E-state index in [0.29, 0.717) is 0 Å². The predicted molar refractivity (Wildman–Crippen MR) is 88.5 cm³/mol. The van der Waals surface area contributed by atoms with Crippen LogP contribution in [0.4, 0.5) is 0 Å². The van der Waals surface area contributed by atoms with E-state index in [1.807, 2.05) is 12.3 Å². The third-order valence-electron chi connectivity index (χ3n) is 3.76. The number of nitrogens with zero attached hydrogens (tertiary/aromatic N) is 1. The topological polar surface area (TPSA) is 34.2 Å². The summed E-state index contributed by atoms with van der Waals surface area (Å²) in [5.74, 6) is 0. The smallest absolute Gasteiger partial charge is 0.0766 e. The first-order valence-electron chi connectivity index (χ1n) is 7.99. The summed E-state index contributed by atoms with van der Waals surface area (Å²) in [4.78, 5) is 4.39. The minimum atomic E-state index is 0.204. The Balaban J connectivity index is 2.32. The molecule has 114 valence electrons. The van der Waals surface area contributed by atoms with Crippen LogP contribution in [0.5, 0.6) is 0 Å². The number of aromatic nitrogens is 1. The van der Waals surface area contributed by atoms with Gasteiger partial charge in [0.05, 0.1) is 17.7 Å². The summed E-state index contributed by atoms with van der Waals surface area (Å²) in [7, 11) is 0. The van der Waals surface area contributed by atoms with Crippen LogP contribution in [0.2, 0.25) is 0 Å². The van der Waals surface area contributed by atoms with Gasteiger partial charge in [0.1, 0.15) is 0 Å². The number of benzene rings is 1. The summed E-state index contributed by atoms with van der Waals surface area (Å²) < 4.78 is 5.94. The highest BCUT2D eigenvalue weighted by Crippen LogP contribution is 2.25. The third kappa shape index (κ3) is 4.02. The second-order valence-electron chi connectivity index (χ2n) is 5.29. The van der Waals surface area contributed by atoms with Gasteiger partial charge in [0.15, 0.2) is 0 Å². The van der Waals surface area contributed by atoms with E-state index in [1.165, 1.54) is 10.9 Å². The normalized spacial score (nSPS) is 14.2. The molecule has 21 heavy (non-hydrogen) atoms. The Bertz CT molecular complexity index is 556. The van der Waals surface area contributed by atoms with E-state index in [9.17, 15) is 0 Å². The van der Waals surface area contributed by atoms with Crippen molar-refractivity contribution in [2.75, 3.05) is 13.2 Å². The van der Waals surface area contributed by atoms with Gasteiger partial charge in [0.25, 0.3) is 0 Å². The van der Waals surface area contributed by atoms with Crippen molar-refractivity contribution < 1.29 is 4.74 Å². The second-order valence-corrected chi connectivity index (χ2v) is 5.29. The molecule has 0 saturated heterocycles. The van der Waals surface area contributed by atoms with Crippen LogP contribution in [0.3, 0.4) is 0 Å². The molecule has 2 atom stereocenters. The molecular formula is C18H26N2O. The number of hydrogen-bond acceptors (Lipinski definition) is 3. The van der Waals surface area contributed by atoms with Gasteiger partial charge in [-0.1, -0.05) is 26.0 Å². The van der Waals surface area contributed by atoms with Gasteiger partial charge in [0, 0.05) is 18.2 Å². The lowest BCUT2D eigenvalue weighted by Gasteiger charge is -2.28. The fourth-order valence-electron chi connectivity index (χ4n) is 2.72. The predicted octanol–water partition coefficient (Wildman–Crippen LogP) is 4.09. The minimum Gasteiger partial charge on any atom is -0.377 e. The van der Waals surface area contributed by atoms with Crippen LogP contribution in [-0.4, -0.2) is 24.2 Å². The Hall–Kier alpha value is -1.45. The zero-order valence-electron chi connectivity index (χ0n) is 13.3. The standard InChI is InChI=1S/C18H26N2O/c1-4-11-20-18(17(5-2)21-6-3)15-9-10-16-14(13-15)8-7-12-19-16/h7-10,12-13,17-18,20H,4-6,11H2,1-3H3. The zero-order valence-corrected chi connectivity index (χ0v) is 13.3. The molecule has 0 amide bonds. The lowest BCUT2D eigenvalue weighted by atomic mass is 9.97. The Kier molecular flexibility index (Phi) is 6.15. The van der Waals surface area contributed by atoms with Crippen LogP contribution in [-0.2, 0) is 4.74 Å². The maximum atomic E-state index is 5.94. The van der Waals surface area contributed by atoms with Crippen molar-refractivity contribution in [3.8, 4) is 0 Å². The molecule has 0 radical (unpaired) electrons. The van der Waals surface area contributed by atoms with E-state index >= 15 is 0 Å². The van der Waals surface area contributed by atoms with Crippen LogP contribution < -0.4 is 5.32 Å². The van der Waals surface area contributed by atoms with Crippen LogP contribution in [0.1, 0.15) is 45.2 Å². The van der Waals surface area contributed by atoms with Crippen molar-refractivity contribution in [1.29, 1.82) is 0 Å². The maximum absolute atomic E-state index is 5.94. The van der Waals surface area contributed by atoms with E-state index < -0.39 is 0 Å². The minimum absolute atomic E-state index is 0.204. The second kappa shape index (κ2) is 8.11. The van der Waals surface area contributed by atoms with Gasteiger partial charge in [0.2, 0.25) is 0 Å². The summed E-state index contributed by atoms with van der Waals surface area (Å²) in [5, 5.41) is 4.83.